The van der Waals surface area contributed by atoms with Crippen molar-refractivity contribution < 1.29 is 9.47 Å². The molecule has 0 unspecified atom stereocenters. The van der Waals surface area contributed by atoms with E-state index < -0.39 is 0 Å². The van der Waals surface area contributed by atoms with E-state index in [4.69, 9.17) is 9.47 Å². The highest BCUT2D eigenvalue weighted by Crippen LogP contribution is 2.11. The molecular weight excluding hydrogens is 242 g/mol. The average Bonchev–Trinajstić information content (AvgIpc) is 2.36. The maximum Gasteiger partial charge on any atom is 0.218 e. The fourth-order valence-corrected chi connectivity index (χ4v) is 1.37. The molecule has 0 fully saturated rings. The van der Waals surface area contributed by atoms with Gasteiger partial charge in [0.05, 0.1) is 12.7 Å². The van der Waals surface area contributed by atoms with Crippen molar-refractivity contribution in [1.29, 1.82) is 0 Å². The largest absolute Gasteiger partial charge is 0.477 e. The summed E-state index contributed by atoms with van der Waals surface area (Å²) in [6.07, 6.45) is 2.75. The van der Waals surface area contributed by atoms with Crippen molar-refractivity contribution in [3.05, 3.63) is 12.4 Å². The molecule has 1 N–H and O–H groups in total. The maximum atomic E-state index is 5.55. The predicted octanol–water partition coefficient (Wildman–Crippen LogP) is 2.74. The number of ether oxygens (including phenoxy) is 2. The van der Waals surface area contributed by atoms with E-state index in [1.807, 2.05) is 19.9 Å². The first-order valence-corrected chi connectivity index (χ1v) is 6.88. The number of hydrogen-bond donors (Lipinski definition) is 1. The molecule has 1 aromatic heterocycles. The van der Waals surface area contributed by atoms with Crippen LogP contribution in [-0.2, 0) is 4.74 Å². The minimum atomic E-state index is 0.287. The summed E-state index contributed by atoms with van der Waals surface area (Å²) in [5.41, 5.74) is 0. The summed E-state index contributed by atoms with van der Waals surface area (Å²) in [6, 6.07) is 1.83. The van der Waals surface area contributed by atoms with Crippen LogP contribution in [0.15, 0.2) is 12.4 Å². The molecule has 0 aliphatic heterocycles. The van der Waals surface area contributed by atoms with Gasteiger partial charge in [-0.05, 0) is 26.2 Å². The third-order valence-corrected chi connectivity index (χ3v) is 2.28. The lowest BCUT2D eigenvalue weighted by Gasteiger charge is -2.10. The summed E-state index contributed by atoms with van der Waals surface area (Å²) in [5.74, 6) is 1.89. The number of nitrogens with zero attached hydrogens (tertiary/aromatic N) is 2. The molecule has 0 amide bonds. The van der Waals surface area contributed by atoms with E-state index >= 15 is 0 Å². The number of rotatable bonds is 9. The van der Waals surface area contributed by atoms with E-state index in [0.717, 1.165) is 25.4 Å². The zero-order chi connectivity index (χ0) is 14.1. The highest BCUT2D eigenvalue weighted by atomic mass is 16.5. The zero-order valence-corrected chi connectivity index (χ0v) is 12.3. The molecule has 0 saturated heterocycles. The van der Waals surface area contributed by atoms with Crippen LogP contribution >= 0.6 is 0 Å². The van der Waals surface area contributed by atoms with Crippen molar-refractivity contribution in [3.8, 4) is 5.88 Å². The highest BCUT2D eigenvalue weighted by molar-refractivity contribution is 5.36. The first-order valence-electron chi connectivity index (χ1n) is 6.88. The first kappa shape index (κ1) is 15.7. The van der Waals surface area contributed by atoms with Gasteiger partial charge in [-0.3, -0.25) is 0 Å². The lowest BCUT2D eigenvalue weighted by atomic mass is 10.2. The second kappa shape index (κ2) is 8.69. The number of nitrogens with one attached hydrogen (secondary N) is 1. The molecule has 0 atom stereocenters. The summed E-state index contributed by atoms with van der Waals surface area (Å²) in [7, 11) is 0. The van der Waals surface area contributed by atoms with Crippen molar-refractivity contribution in [3.63, 3.8) is 0 Å². The Hall–Kier alpha value is -1.36. The summed E-state index contributed by atoms with van der Waals surface area (Å²) in [4.78, 5) is 8.24. The fraction of sp³-hybridized carbons (Fsp3) is 0.714. The van der Waals surface area contributed by atoms with Crippen LogP contribution in [-0.4, -0.2) is 35.8 Å². The Labute approximate surface area is 115 Å². The molecule has 108 valence electrons. The number of aromatic nitrogens is 2. The number of hydrogen-bond acceptors (Lipinski definition) is 5. The zero-order valence-electron chi connectivity index (χ0n) is 12.3. The van der Waals surface area contributed by atoms with Gasteiger partial charge in [-0.15, -0.1) is 0 Å². The molecule has 0 spiro atoms. The molecular formula is C14H25N3O2. The highest BCUT2D eigenvalue weighted by Gasteiger charge is 2.01. The summed E-state index contributed by atoms with van der Waals surface area (Å²) in [6.45, 7) is 10.5. The lowest BCUT2D eigenvalue weighted by molar-refractivity contribution is 0.0787. The van der Waals surface area contributed by atoms with Crippen molar-refractivity contribution in [2.45, 2.75) is 40.2 Å². The second-order valence-electron chi connectivity index (χ2n) is 5.15. The molecule has 5 nitrogen and oxygen atoms in total. The van der Waals surface area contributed by atoms with Gasteiger partial charge in [0.15, 0.2) is 0 Å². The van der Waals surface area contributed by atoms with Gasteiger partial charge in [-0.25, -0.2) is 9.97 Å². The molecule has 19 heavy (non-hydrogen) atoms. The van der Waals surface area contributed by atoms with Crippen LogP contribution in [0.1, 0.15) is 34.1 Å². The Kier molecular flexibility index (Phi) is 7.18. The molecule has 0 radical (unpaired) electrons. The Bertz CT molecular complexity index is 356. The Morgan fingerprint density at radius 1 is 1.21 bits per heavy atom. The minimum Gasteiger partial charge on any atom is -0.477 e. The van der Waals surface area contributed by atoms with E-state index in [-0.39, 0.29) is 6.10 Å². The van der Waals surface area contributed by atoms with Gasteiger partial charge in [0.1, 0.15) is 12.1 Å². The third-order valence-electron chi connectivity index (χ3n) is 2.28. The van der Waals surface area contributed by atoms with E-state index in [2.05, 4.69) is 29.1 Å². The summed E-state index contributed by atoms with van der Waals surface area (Å²) >= 11 is 0. The van der Waals surface area contributed by atoms with Crippen LogP contribution in [0.2, 0.25) is 0 Å². The van der Waals surface area contributed by atoms with Crippen LogP contribution in [0.4, 0.5) is 5.82 Å². The molecule has 0 aliphatic rings. The monoisotopic (exact) mass is 267 g/mol. The average molecular weight is 267 g/mol. The quantitative estimate of drug-likeness (QED) is 0.697. The van der Waals surface area contributed by atoms with E-state index in [1.54, 1.807) is 0 Å². The van der Waals surface area contributed by atoms with Crippen LogP contribution in [0.5, 0.6) is 5.88 Å². The van der Waals surface area contributed by atoms with Gasteiger partial charge in [-0.2, -0.15) is 0 Å². The molecule has 1 aromatic rings. The Morgan fingerprint density at radius 3 is 2.68 bits per heavy atom. The third kappa shape index (κ3) is 7.62. The normalized spacial score (nSPS) is 11.1. The summed E-state index contributed by atoms with van der Waals surface area (Å²) in [5, 5.41) is 3.24. The van der Waals surface area contributed by atoms with Gasteiger partial charge in [0, 0.05) is 19.2 Å². The lowest BCUT2D eigenvalue weighted by Crippen LogP contribution is -2.10. The predicted molar refractivity (Wildman–Crippen MR) is 76.6 cm³/mol. The van der Waals surface area contributed by atoms with Crippen LogP contribution in [0.3, 0.4) is 0 Å². The molecule has 0 aliphatic carbocycles. The fourth-order valence-electron chi connectivity index (χ4n) is 1.37. The van der Waals surface area contributed by atoms with E-state index in [0.29, 0.717) is 18.4 Å². The van der Waals surface area contributed by atoms with Crippen molar-refractivity contribution in [2.24, 2.45) is 5.92 Å². The second-order valence-corrected chi connectivity index (χ2v) is 5.15. The SMILES string of the molecule is CC(C)COc1cc(NCCCOC(C)C)ncn1. The smallest absolute Gasteiger partial charge is 0.218 e. The summed E-state index contributed by atoms with van der Waals surface area (Å²) < 4.78 is 11.0. The Morgan fingerprint density at radius 2 is 2.00 bits per heavy atom. The molecule has 0 bridgehead atoms. The molecule has 1 heterocycles. The van der Waals surface area contributed by atoms with E-state index in [9.17, 15) is 0 Å². The van der Waals surface area contributed by atoms with Gasteiger partial charge < -0.3 is 14.8 Å². The van der Waals surface area contributed by atoms with Crippen molar-refractivity contribution >= 4 is 5.82 Å². The van der Waals surface area contributed by atoms with Crippen molar-refractivity contribution in [1.82, 2.24) is 9.97 Å². The van der Waals surface area contributed by atoms with Crippen LogP contribution < -0.4 is 10.1 Å². The van der Waals surface area contributed by atoms with Gasteiger partial charge >= 0.3 is 0 Å². The molecule has 0 saturated carbocycles. The standard InChI is InChI=1S/C14H25N3O2/c1-11(2)9-19-14-8-13(16-10-17-14)15-6-5-7-18-12(3)4/h8,10-12H,5-7,9H2,1-4H3,(H,15,16,17). The molecule has 5 heteroatoms. The molecule has 1 rings (SSSR count). The van der Waals surface area contributed by atoms with Gasteiger partial charge in [-0.1, -0.05) is 13.8 Å². The minimum absolute atomic E-state index is 0.287. The Balaban J connectivity index is 2.27. The van der Waals surface area contributed by atoms with Crippen LogP contribution in [0, 0.1) is 5.92 Å². The topological polar surface area (TPSA) is 56.3 Å². The van der Waals surface area contributed by atoms with E-state index in [1.165, 1.54) is 6.33 Å². The van der Waals surface area contributed by atoms with Gasteiger partial charge in [0.2, 0.25) is 5.88 Å². The first-order chi connectivity index (χ1) is 9.08. The molecule has 0 aromatic carbocycles. The van der Waals surface area contributed by atoms with Gasteiger partial charge in [0.25, 0.3) is 0 Å². The van der Waals surface area contributed by atoms with Crippen molar-refractivity contribution in [2.75, 3.05) is 25.1 Å². The maximum absolute atomic E-state index is 5.55. The van der Waals surface area contributed by atoms with Crippen LogP contribution in [0.25, 0.3) is 0 Å². The number of anilines is 1.